The van der Waals surface area contributed by atoms with Crippen LogP contribution in [0.3, 0.4) is 0 Å². The smallest absolute Gasteiger partial charge is 0.191 e. The topological polar surface area (TPSA) is 58.1 Å². The van der Waals surface area contributed by atoms with Gasteiger partial charge in [-0.3, -0.25) is 4.99 Å². The SMILES string of the molecule is CN=C(NCCCOCC1CCCO1)NCCN(C)C(C)C. The summed E-state index contributed by atoms with van der Waals surface area (Å²) in [6.07, 6.45) is 3.60. The molecule has 0 bridgehead atoms. The predicted molar refractivity (Wildman–Crippen MR) is 91.5 cm³/mol. The largest absolute Gasteiger partial charge is 0.379 e. The fourth-order valence-electron chi connectivity index (χ4n) is 2.20. The molecule has 6 nitrogen and oxygen atoms in total. The van der Waals surface area contributed by atoms with Crippen molar-refractivity contribution in [2.24, 2.45) is 4.99 Å². The summed E-state index contributed by atoms with van der Waals surface area (Å²) in [6.45, 7) is 9.54. The van der Waals surface area contributed by atoms with Crippen LogP contribution >= 0.6 is 0 Å². The van der Waals surface area contributed by atoms with E-state index < -0.39 is 0 Å². The van der Waals surface area contributed by atoms with E-state index in [0.717, 1.165) is 58.3 Å². The number of ether oxygens (including phenoxy) is 2. The van der Waals surface area contributed by atoms with Crippen LogP contribution < -0.4 is 10.6 Å². The van der Waals surface area contributed by atoms with Gasteiger partial charge in [0.25, 0.3) is 0 Å². The van der Waals surface area contributed by atoms with Gasteiger partial charge in [-0.25, -0.2) is 0 Å². The van der Waals surface area contributed by atoms with Crippen molar-refractivity contribution in [3.63, 3.8) is 0 Å². The summed E-state index contributed by atoms with van der Waals surface area (Å²) in [7, 11) is 3.93. The molecule has 6 heteroatoms. The van der Waals surface area contributed by atoms with Crippen molar-refractivity contribution in [3.8, 4) is 0 Å². The third-order valence-corrected chi connectivity index (χ3v) is 3.95. The molecule has 0 aromatic rings. The molecule has 1 heterocycles. The fourth-order valence-corrected chi connectivity index (χ4v) is 2.20. The summed E-state index contributed by atoms with van der Waals surface area (Å²) < 4.78 is 11.2. The third-order valence-electron chi connectivity index (χ3n) is 3.95. The minimum Gasteiger partial charge on any atom is -0.379 e. The summed E-state index contributed by atoms with van der Waals surface area (Å²) >= 11 is 0. The minimum atomic E-state index is 0.320. The number of likely N-dealkylation sites (N-methyl/N-ethyl adjacent to an activating group) is 1. The first-order valence-corrected chi connectivity index (χ1v) is 8.47. The molecule has 1 fully saturated rings. The van der Waals surface area contributed by atoms with E-state index in [2.05, 4.69) is 41.4 Å². The Kier molecular flexibility index (Phi) is 10.2. The standard InChI is InChI=1S/C16H34N4O2/c1-14(2)20(4)10-9-19-16(17-3)18-8-6-11-21-13-15-7-5-12-22-15/h14-15H,5-13H2,1-4H3,(H2,17,18,19). The molecule has 1 saturated heterocycles. The van der Waals surface area contributed by atoms with Crippen LogP contribution in [0.25, 0.3) is 0 Å². The third kappa shape index (κ3) is 8.56. The Morgan fingerprint density at radius 2 is 2.14 bits per heavy atom. The van der Waals surface area contributed by atoms with E-state index in [0.29, 0.717) is 12.1 Å². The highest BCUT2D eigenvalue weighted by atomic mass is 16.5. The molecule has 0 spiro atoms. The molecule has 1 aliphatic rings. The van der Waals surface area contributed by atoms with Gasteiger partial charge in [0.15, 0.2) is 5.96 Å². The van der Waals surface area contributed by atoms with Gasteiger partial charge in [-0.05, 0) is 40.2 Å². The van der Waals surface area contributed by atoms with Crippen LogP contribution in [-0.2, 0) is 9.47 Å². The summed E-state index contributed by atoms with van der Waals surface area (Å²) in [4.78, 5) is 6.53. The molecule has 1 atom stereocenters. The molecule has 1 rings (SSSR count). The average molecular weight is 314 g/mol. The Morgan fingerprint density at radius 3 is 2.77 bits per heavy atom. The van der Waals surface area contributed by atoms with E-state index in [1.807, 2.05) is 0 Å². The predicted octanol–water partition coefficient (Wildman–Crippen LogP) is 1.08. The normalized spacial score (nSPS) is 19.2. The summed E-state index contributed by atoms with van der Waals surface area (Å²) in [5.41, 5.74) is 0. The Balaban J connectivity index is 1.96. The van der Waals surface area contributed by atoms with E-state index in [-0.39, 0.29) is 0 Å². The van der Waals surface area contributed by atoms with Crippen LogP contribution in [0.1, 0.15) is 33.1 Å². The van der Waals surface area contributed by atoms with Crippen molar-refractivity contribution in [1.29, 1.82) is 0 Å². The number of hydrogen-bond acceptors (Lipinski definition) is 4. The monoisotopic (exact) mass is 314 g/mol. The molecule has 1 aliphatic heterocycles. The van der Waals surface area contributed by atoms with Gasteiger partial charge in [0.1, 0.15) is 0 Å². The van der Waals surface area contributed by atoms with Gasteiger partial charge < -0.3 is 25.0 Å². The molecule has 1 unspecified atom stereocenters. The van der Waals surface area contributed by atoms with E-state index in [1.165, 1.54) is 6.42 Å². The Hall–Kier alpha value is -0.850. The molecule has 0 aromatic carbocycles. The molecular weight excluding hydrogens is 280 g/mol. The first-order valence-electron chi connectivity index (χ1n) is 8.47. The second-order valence-corrected chi connectivity index (χ2v) is 6.06. The number of rotatable bonds is 10. The number of aliphatic imine (C=N–C) groups is 1. The Morgan fingerprint density at radius 1 is 1.36 bits per heavy atom. The second kappa shape index (κ2) is 11.7. The molecular formula is C16H34N4O2. The van der Waals surface area contributed by atoms with Crippen LogP contribution in [0.15, 0.2) is 4.99 Å². The average Bonchev–Trinajstić information content (AvgIpc) is 3.01. The first kappa shape index (κ1) is 19.2. The lowest BCUT2D eigenvalue weighted by molar-refractivity contribution is 0.0168. The summed E-state index contributed by atoms with van der Waals surface area (Å²) in [6, 6.07) is 0.567. The number of hydrogen-bond donors (Lipinski definition) is 2. The number of nitrogens with zero attached hydrogens (tertiary/aromatic N) is 2. The van der Waals surface area contributed by atoms with Gasteiger partial charge in [0.2, 0.25) is 0 Å². The van der Waals surface area contributed by atoms with Crippen LogP contribution in [0.5, 0.6) is 0 Å². The maximum Gasteiger partial charge on any atom is 0.191 e. The Labute approximate surface area is 135 Å². The van der Waals surface area contributed by atoms with Gasteiger partial charge in [-0.15, -0.1) is 0 Å². The molecule has 22 heavy (non-hydrogen) atoms. The van der Waals surface area contributed by atoms with E-state index in [9.17, 15) is 0 Å². The zero-order valence-corrected chi connectivity index (χ0v) is 14.7. The van der Waals surface area contributed by atoms with E-state index >= 15 is 0 Å². The molecule has 0 saturated carbocycles. The molecule has 0 aromatic heterocycles. The first-order chi connectivity index (χ1) is 10.6. The maximum atomic E-state index is 5.64. The van der Waals surface area contributed by atoms with Crippen molar-refractivity contribution in [1.82, 2.24) is 15.5 Å². The van der Waals surface area contributed by atoms with Crippen molar-refractivity contribution in [3.05, 3.63) is 0 Å². The van der Waals surface area contributed by atoms with Gasteiger partial charge in [0, 0.05) is 45.9 Å². The zero-order chi connectivity index (χ0) is 16.2. The number of guanidine groups is 1. The lowest BCUT2D eigenvalue weighted by Crippen LogP contribution is -2.42. The van der Waals surface area contributed by atoms with Crippen molar-refractivity contribution < 1.29 is 9.47 Å². The summed E-state index contributed by atoms with van der Waals surface area (Å²) in [5.74, 6) is 0.858. The molecule has 0 aliphatic carbocycles. The highest BCUT2D eigenvalue weighted by molar-refractivity contribution is 5.79. The van der Waals surface area contributed by atoms with Crippen LogP contribution in [-0.4, -0.2) is 76.6 Å². The molecule has 130 valence electrons. The van der Waals surface area contributed by atoms with Crippen LogP contribution in [0.4, 0.5) is 0 Å². The fraction of sp³-hybridized carbons (Fsp3) is 0.938. The van der Waals surface area contributed by atoms with Gasteiger partial charge in [-0.2, -0.15) is 0 Å². The lowest BCUT2D eigenvalue weighted by Gasteiger charge is -2.21. The highest BCUT2D eigenvalue weighted by Gasteiger charge is 2.14. The second-order valence-electron chi connectivity index (χ2n) is 6.06. The lowest BCUT2D eigenvalue weighted by atomic mass is 10.2. The van der Waals surface area contributed by atoms with Gasteiger partial charge in [0.05, 0.1) is 12.7 Å². The quantitative estimate of drug-likeness (QED) is 0.359. The molecule has 0 amide bonds. The molecule has 2 N–H and O–H groups in total. The molecule has 0 radical (unpaired) electrons. The minimum absolute atomic E-state index is 0.320. The zero-order valence-electron chi connectivity index (χ0n) is 14.7. The van der Waals surface area contributed by atoms with Gasteiger partial charge in [-0.1, -0.05) is 0 Å². The van der Waals surface area contributed by atoms with E-state index in [1.54, 1.807) is 7.05 Å². The highest BCUT2D eigenvalue weighted by Crippen LogP contribution is 2.11. The van der Waals surface area contributed by atoms with E-state index in [4.69, 9.17) is 9.47 Å². The van der Waals surface area contributed by atoms with Crippen molar-refractivity contribution >= 4 is 5.96 Å². The maximum absolute atomic E-state index is 5.64. The Bertz CT molecular complexity index is 305. The van der Waals surface area contributed by atoms with Crippen molar-refractivity contribution in [2.45, 2.75) is 45.3 Å². The van der Waals surface area contributed by atoms with Gasteiger partial charge >= 0.3 is 0 Å². The number of nitrogens with one attached hydrogen (secondary N) is 2. The van der Waals surface area contributed by atoms with Crippen LogP contribution in [0.2, 0.25) is 0 Å². The van der Waals surface area contributed by atoms with Crippen molar-refractivity contribution in [2.75, 3.05) is 53.6 Å². The summed E-state index contributed by atoms with van der Waals surface area (Å²) in [5, 5.41) is 6.64. The van der Waals surface area contributed by atoms with Crippen LogP contribution in [0, 0.1) is 0 Å².